The second kappa shape index (κ2) is 8.89. The van der Waals surface area contributed by atoms with Crippen LogP contribution in [0.1, 0.15) is 11.1 Å². The van der Waals surface area contributed by atoms with Crippen molar-refractivity contribution in [1.82, 2.24) is 5.32 Å². The summed E-state index contributed by atoms with van der Waals surface area (Å²) in [6.07, 6.45) is 0. The van der Waals surface area contributed by atoms with E-state index < -0.39 is 0 Å². The van der Waals surface area contributed by atoms with Crippen molar-refractivity contribution in [3.63, 3.8) is 0 Å². The standard InChI is InChI=1S/C13H19N3O4/c1-19-5-6-20-9-12(17)15-8-10-3-2-4-11(7-10)13(14)16-18/h2-4,7,18H,5-6,8-9H2,1H3,(H2,14,16)(H,15,17). The van der Waals surface area contributed by atoms with Gasteiger partial charge in [-0.3, -0.25) is 4.79 Å². The molecule has 20 heavy (non-hydrogen) atoms. The average Bonchev–Trinajstić information content (AvgIpc) is 2.49. The van der Waals surface area contributed by atoms with E-state index in [-0.39, 0.29) is 18.3 Å². The summed E-state index contributed by atoms with van der Waals surface area (Å²) >= 11 is 0. The monoisotopic (exact) mass is 281 g/mol. The molecule has 1 rings (SSSR count). The zero-order valence-corrected chi connectivity index (χ0v) is 11.3. The van der Waals surface area contributed by atoms with Crippen LogP contribution in [-0.2, 0) is 20.8 Å². The minimum Gasteiger partial charge on any atom is -0.409 e. The Labute approximate surface area is 117 Å². The maximum atomic E-state index is 11.5. The summed E-state index contributed by atoms with van der Waals surface area (Å²) in [7, 11) is 1.57. The number of carbonyl (C=O) groups is 1. The van der Waals surface area contributed by atoms with Gasteiger partial charge in [0.25, 0.3) is 0 Å². The number of nitrogens with zero attached hydrogens (tertiary/aromatic N) is 1. The fourth-order valence-electron chi connectivity index (χ4n) is 1.46. The van der Waals surface area contributed by atoms with Crippen LogP contribution >= 0.6 is 0 Å². The van der Waals surface area contributed by atoms with Crippen molar-refractivity contribution < 1.29 is 19.5 Å². The molecule has 0 unspecified atom stereocenters. The lowest BCUT2D eigenvalue weighted by molar-refractivity contribution is -0.126. The van der Waals surface area contributed by atoms with Crippen LogP contribution in [0.25, 0.3) is 0 Å². The van der Waals surface area contributed by atoms with Gasteiger partial charge in [0.05, 0.1) is 13.2 Å². The topological polar surface area (TPSA) is 106 Å². The molecule has 110 valence electrons. The van der Waals surface area contributed by atoms with E-state index in [1.54, 1.807) is 25.3 Å². The van der Waals surface area contributed by atoms with Gasteiger partial charge < -0.3 is 25.7 Å². The van der Waals surface area contributed by atoms with Gasteiger partial charge in [-0.2, -0.15) is 0 Å². The second-order valence-corrected chi connectivity index (χ2v) is 4.01. The van der Waals surface area contributed by atoms with E-state index in [2.05, 4.69) is 10.5 Å². The van der Waals surface area contributed by atoms with Gasteiger partial charge in [-0.1, -0.05) is 23.4 Å². The fraction of sp³-hybridized carbons (Fsp3) is 0.385. The minimum atomic E-state index is -0.213. The first-order valence-electron chi connectivity index (χ1n) is 6.07. The van der Waals surface area contributed by atoms with E-state index in [1.165, 1.54) is 0 Å². The molecular formula is C13H19N3O4. The van der Waals surface area contributed by atoms with Crippen molar-refractivity contribution in [2.24, 2.45) is 10.9 Å². The lowest BCUT2D eigenvalue weighted by Gasteiger charge is -2.07. The fourth-order valence-corrected chi connectivity index (χ4v) is 1.46. The minimum absolute atomic E-state index is 0.0106. The highest BCUT2D eigenvalue weighted by molar-refractivity contribution is 5.97. The summed E-state index contributed by atoms with van der Waals surface area (Å²) in [4.78, 5) is 11.5. The predicted molar refractivity (Wildman–Crippen MR) is 73.5 cm³/mol. The number of hydrogen-bond donors (Lipinski definition) is 3. The Hall–Kier alpha value is -2.12. The average molecular weight is 281 g/mol. The van der Waals surface area contributed by atoms with Crippen molar-refractivity contribution in [1.29, 1.82) is 0 Å². The van der Waals surface area contributed by atoms with Crippen LogP contribution in [-0.4, -0.2) is 43.9 Å². The van der Waals surface area contributed by atoms with Gasteiger partial charge in [0, 0.05) is 19.2 Å². The third-order valence-corrected chi connectivity index (χ3v) is 2.49. The van der Waals surface area contributed by atoms with Gasteiger partial charge >= 0.3 is 0 Å². The number of carbonyl (C=O) groups excluding carboxylic acids is 1. The number of oxime groups is 1. The maximum Gasteiger partial charge on any atom is 0.246 e. The first-order valence-corrected chi connectivity index (χ1v) is 6.07. The number of amidine groups is 1. The van der Waals surface area contributed by atoms with Gasteiger partial charge in [-0.25, -0.2) is 0 Å². The molecule has 0 radical (unpaired) electrons. The summed E-state index contributed by atoms with van der Waals surface area (Å²) in [5, 5.41) is 14.2. The third kappa shape index (κ3) is 5.68. The number of benzene rings is 1. The Kier molecular flexibility index (Phi) is 7.08. The first kappa shape index (κ1) is 15.9. The molecule has 0 aliphatic rings. The molecular weight excluding hydrogens is 262 g/mol. The van der Waals surface area contributed by atoms with Crippen LogP contribution in [0.5, 0.6) is 0 Å². The van der Waals surface area contributed by atoms with Gasteiger partial charge in [-0.15, -0.1) is 0 Å². The molecule has 0 atom stereocenters. The lowest BCUT2D eigenvalue weighted by atomic mass is 10.1. The molecule has 0 aliphatic heterocycles. The summed E-state index contributed by atoms with van der Waals surface area (Å²) in [5.41, 5.74) is 6.93. The van der Waals surface area contributed by atoms with Crippen molar-refractivity contribution >= 4 is 11.7 Å². The molecule has 0 saturated heterocycles. The number of hydrogen-bond acceptors (Lipinski definition) is 5. The normalized spacial score (nSPS) is 11.3. The van der Waals surface area contributed by atoms with Crippen LogP contribution < -0.4 is 11.1 Å². The molecule has 0 heterocycles. The molecule has 7 nitrogen and oxygen atoms in total. The highest BCUT2D eigenvalue weighted by atomic mass is 16.5. The van der Waals surface area contributed by atoms with Gasteiger partial charge in [0.1, 0.15) is 6.61 Å². The maximum absolute atomic E-state index is 11.5. The first-order chi connectivity index (χ1) is 9.67. The van der Waals surface area contributed by atoms with Crippen LogP contribution in [0.15, 0.2) is 29.4 Å². The largest absolute Gasteiger partial charge is 0.409 e. The number of nitrogens with two attached hydrogens (primary N) is 1. The molecule has 1 amide bonds. The van der Waals surface area contributed by atoms with Crippen molar-refractivity contribution in [3.8, 4) is 0 Å². The molecule has 0 spiro atoms. The van der Waals surface area contributed by atoms with E-state index in [0.29, 0.717) is 25.3 Å². The highest BCUT2D eigenvalue weighted by Gasteiger charge is 2.03. The molecule has 0 aromatic heterocycles. The molecule has 7 heteroatoms. The van der Waals surface area contributed by atoms with Crippen LogP contribution in [0.2, 0.25) is 0 Å². The Morgan fingerprint density at radius 1 is 1.45 bits per heavy atom. The van der Waals surface area contributed by atoms with E-state index in [0.717, 1.165) is 5.56 Å². The Balaban J connectivity index is 2.39. The van der Waals surface area contributed by atoms with Crippen LogP contribution in [0.4, 0.5) is 0 Å². The van der Waals surface area contributed by atoms with Crippen LogP contribution in [0, 0.1) is 0 Å². The molecule has 0 bridgehead atoms. The molecule has 0 aliphatic carbocycles. The Bertz CT molecular complexity index is 463. The van der Waals surface area contributed by atoms with E-state index in [1.807, 2.05) is 6.07 Å². The molecule has 1 aromatic carbocycles. The Morgan fingerprint density at radius 2 is 2.25 bits per heavy atom. The molecule has 4 N–H and O–H groups in total. The zero-order chi connectivity index (χ0) is 14.8. The third-order valence-electron chi connectivity index (χ3n) is 2.49. The zero-order valence-electron chi connectivity index (χ0n) is 11.3. The SMILES string of the molecule is COCCOCC(=O)NCc1cccc(/C(N)=N/O)c1. The van der Waals surface area contributed by atoms with Crippen molar-refractivity contribution in [2.45, 2.75) is 6.54 Å². The molecule has 1 aromatic rings. The summed E-state index contributed by atoms with van der Waals surface area (Å²) < 4.78 is 9.89. The van der Waals surface area contributed by atoms with E-state index in [9.17, 15) is 4.79 Å². The van der Waals surface area contributed by atoms with E-state index >= 15 is 0 Å². The Morgan fingerprint density at radius 3 is 2.95 bits per heavy atom. The summed E-state index contributed by atoms with van der Waals surface area (Å²) in [6, 6.07) is 7.06. The number of methoxy groups -OCH3 is 1. The number of amides is 1. The number of ether oxygens (including phenoxy) is 2. The van der Waals surface area contributed by atoms with Gasteiger partial charge in [0.15, 0.2) is 5.84 Å². The quantitative estimate of drug-likeness (QED) is 0.205. The van der Waals surface area contributed by atoms with Gasteiger partial charge in [0.2, 0.25) is 5.91 Å². The molecule has 0 fully saturated rings. The predicted octanol–water partition coefficient (Wildman–Crippen LogP) is 0.0603. The van der Waals surface area contributed by atoms with E-state index in [4.69, 9.17) is 20.4 Å². The highest BCUT2D eigenvalue weighted by Crippen LogP contribution is 2.04. The number of nitrogens with one attached hydrogen (secondary N) is 1. The summed E-state index contributed by atoms with van der Waals surface area (Å²) in [5.74, 6) is -0.184. The van der Waals surface area contributed by atoms with Crippen molar-refractivity contribution in [3.05, 3.63) is 35.4 Å². The smallest absolute Gasteiger partial charge is 0.246 e. The van der Waals surface area contributed by atoms with Gasteiger partial charge in [-0.05, 0) is 11.6 Å². The second-order valence-electron chi connectivity index (χ2n) is 4.01. The van der Waals surface area contributed by atoms with Crippen LogP contribution in [0.3, 0.4) is 0 Å². The van der Waals surface area contributed by atoms with Crippen molar-refractivity contribution in [2.75, 3.05) is 26.9 Å². The lowest BCUT2D eigenvalue weighted by Crippen LogP contribution is -2.27. The molecule has 0 saturated carbocycles. The summed E-state index contributed by atoms with van der Waals surface area (Å²) in [6.45, 7) is 1.17. The number of rotatable bonds is 8.